The van der Waals surface area contributed by atoms with E-state index in [1.165, 1.54) is 11.8 Å². The van der Waals surface area contributed by atoms with Crippen molar-refractivity contribution in [2.24, 2.45) is 0 Å². The third-order valence-corrected chi connectivity index (χ3v) is 2.47. The first-order chi connectivity index (χ1) is 7.81. The molecule has 0 bridgehead atoms. The van der Waals surface area contributed by atoms with Crippen LogP contribution in [0.25, 0.3) is 0 Å². The number of carbonyl (C=O) groups is 1. The molecule has 0 unspecified atom stereocenters. The van der Waals surface area contributed by atoms with Gasteiger partial charge < -0.3 is 8.92 Å². The standard InChI is InChI=1S/C9H19BO3S2/c1-9(2,3)13-8(11)6-14-5-4-12-15-7-10/h4-7,10H2,1-3H3/i10TD. The molecule has 0 aromatic rings. The van der Waals surface area contributed by atoms with E-state index in [4.69, 9.17) is 11.6 Å². The van der Waals surface area contributed by atoms with E-state index in [-0.39, 0.29) is 5.97 Å². The second-order valence-electron chi connectivity index (χ2n) is 3.75. The van der Waals surface area contributed by atoms with Gasteiger partial charge in [-0.3, -0.25) is 4.79 Å². The van der Waals surface area contributed by atoms with Crippen molar-refractivity contribution in [2.45, 2.75) is 26.4 Å². The molecule has 88 valence electrons. The van der Waals surface area contributed by atoms with Gasteiger partial charge in [-0.15, -0.1) is 11.8 Å². The topological polar surface area (TPSA) is 35.5 Å². The van der Waals surface area contributed by atoms with Crippen LogP contribution >= 0.6 is 23.8 Å². The smallest absolute Gasteiger partial charge is 0.316 e. The molecule has 0 aliphatic rings. The van der Waals surface area contributed by atoms with Crippen molar-refractivity contribution in [3.8, 4) is 0 Å². The second-order valence-corrected chi connectivity index (χ2v) is 5.66. The molecule has 15 heavy (non-hydrogen) atoms. The summed E-state index contributed by atoms with van der Waals surface area (Å²) in [5.41, 5.74) is -0.0853. The van der Waals surface area contributed by atoms with Crippen molar-refractivity contribution < 1.29 is 13.7 Å². The fourth-order valence-corrected chi connectivity index (χ4v) is 1.70. The average molecular weight is 253 g/mol. The van der Waals surface area contributed by atoms with Crippen LogP contribution in [0.5, 0.6) is 0 Å². The largest absolute Gasteiger partial charge is 0.459 e. The fraction of sp³-hybridized carbons (Fsp3) is 0.889. The van der Waals surface area contributed by atoms with Crippen molar-refractivity contribution in [3.63, 3.8) is 0 Å². The highest BCUT2D eigenvalue weighted by Gasteiger charge is 2.15. The molecule has 0 aliphatic heterocycles. The lowest BCUT2D eigenvalue weighted by Gasteiger charge is -2.19. The van der Waals surface area contributed by atoms with E-state index >= 15 is 0 Å². The van der Waals surface area contributed by atoms with Gasteiger partial charge in [0.2, 0.25) is 0 Å². The molecule has 0 spiro atoms. The minimum Gasteiger partial charge on any atom is -0.459 e. The van der Waals surface area contributed by atoms with Gasteiger partial charge in [0, 0.05) is 5.75 Å². The highest BCUT2D eigenvalue weighted by Crippen LogP contribution is 2.10. The Balaban J connectivity index is 3.31. The molecule has 0 radical (unpaired) electrons. The van der Waals surface area contributed by atoms with Gasteiger partial charge in [-0.25, -0.2) is 0 Å². The first kappa shape index (κ1) is 11.7. The molecule has 0 rings (SSSR count). The van der Waals surface area contributed by atoms with Crippen LogP contribution in [-0.2, 0) is 13.7 Å². The SMILES string of the molecule is [2H]B([3H])CSOCCSCC(=O)OC(C)(C)C. The molecule has 0 amide bonds. The van der Waals surface area contributed by atoms with E-state index in [0.717, 1.165) is 12.0 Å². The fourth-order valence-electron chi connectivity index (χ4n) is 0.726. The zero-order chi connectivity index (χ0) is 13.3. The van der Waals surface area contributed by atoms with Crippen LogP contribution in [0.4, 0.5) is 0 Å². The van der Waals surface area contributed by atoms with Gasteiger partial charge in [-0.1, -0.05) is 0 Å². The number of carbonyl (C=O) groups excluding carboxylic acids is 1. The lowest BCUT2D eigenvalue weighted by molar-refractivity contribution is -0.151. The molecule has 6 heteroatoms. The summed E-state index contributed by atoms with van der Waals surface area (Å²) in [6, 6.07) is 0. The molecule has 0 aliphatic carbocycles. The Morgan fingerprint density at radius 1 is 1.67 bits per heavy atom. The average Bonchev–Trinajstić information content (AvgIpc) is 2.12. The number of esters is 1. The van der Waals surface area contributed by atoms with Crippen LogP contribution in [0.2, 0.25) is 0 Å². The second kappa shape index (κ2) is 8.36. The summed E-state index contributed by atoms with van der Waals surface area (Å²) >= 11 is 2.58. The summed E-state index contributed by atoms with van der Waals surface area (Å²) in [6.45, 7) is 6.03. The molecule has 0 atom stereocenters. The summed E-state index contributed by atoms with van der Waals surface area (Å²) in [5.74, 6) is 0.810. The summed E-state index contributed by atoms with van der Waals surface area (Å²) in [5, 5.41) is 0. The third kappa shape index (κ3) is 12.1. The predicted octanol–water partition coefficient (Wildman–Crippen LogP) is 1.32. The van der Waals surface area contributed by atoms with Crippen LogP contribution in [0.15, 0.2) is 0 Å². The molecule has 0 N–H and O–H groups in total. The maximum Gasteiger partial charge on any atom is 0.316 e. The third-order valence-electron chi connectivity index (χ3n) is 1.10. The van der Waals surface area contributed by atoms with E-state index in [2.05, 4.69) is 0 Å². The van der Waals surface area contributed by atoms with Crippen molar-refractivity contribution in [2.75, 3.05) is 23.8 Å². The maximum atomic E-state index is 11.3. The van der Waals surface area contributed by atoms with E-state index in [1.54, 1.807) is 0 Å². The highest BCUT2D eigenvalue weighted by molar-refractivity contribution is 8.00. The Labute approximate surface area is 104 Å². The summed E-state index contributed by atoms with van der Waals surface area (Å²) in [4.78, 5) is 11.3. The Morgan fingerprint density at radius 3 is 3.00 bits per heavy atom. The molecule has 0 saturated carbocycles. The number of hydrogen-bond acceptors (Lipinski definition) is 5. The van der Waals surface area contributed by atoms with E-state index in [0.29, 0.717) is 23.8 Å². The molecule has 0 aromatic heterocycles. The van der Waals surface area contributed by atoms with Crippen LogP contribution in [0, 0.1) is 0 Å². The van der Waals surface area contributed by atoms with E-state index in [1.807, 2.05) is 20.8 Å². The van der Waals surface area contributed by atoms with Gasteiger partial charge in [0.05, 0.1) is 12.4 Å². The van der Waals surface area contributed by atoms with Gasteiger partial charge in [0.25, 0.3) is 0 Å². The Morgan fingerprint density at radius 2 is 2.40 bits per heavy atom. The molecular formula is C9H19BO3S2. The lowest BCUT2D eigenvalue weighted by atomic mass is 10.2. The summed E-state index contributed by atoms with van der Waals surface area (Å²) < 4.78 is 24.1. The minimum atomic E-state index is -0.852. The van der Waals surface area contributed by atoms with Gasteiger partial charge >= 0.3 is 5.97 Å². The Bertz CT molecular complexity index is 225. The van der Waals surface area contributed by atoms with Crippen molar-refractivity contribution in [1.82, 2.24) is 0 Å². The number of hydrogen-bond donors (Lipinski definition) is 0. The number of thioether (sulfide) groups is 1. The minimum absolute atomic E-state index is 0.215. The van der Waals surface area contributed by atoms with Crippen LogP contribution in [0.1, 0.15) is 20.8 Å². The Hall–Kier alpha value is 0.195. The van der Waals surface area contributed by atoms with Crippen molar-refractivity contribution in [3.05, 3.63) is 0 Å². The summed E-state index contributed by atoms with van der Waals surface area (Å²) in [6.07, 6.45) is 0. The van der Waals surface area contributed by atoms with Crippen LogP contribution in [-0.4, -0.2) is 45.8 Å². The predicted molar refractivity (Wildman–Crippen MR) is 70.1 cm³/mol. The molecule has 0 fully saturated rings. The van der Waals surface area contributed by atoms with Crippen LogP contribution in [0.3, 0.4) is 0 Å². The van der Waals surface area contributed by atoms with Gasteiger partial charge in [0.15, 0.2) is 0 Å². The summed E-state index contributed by atoms with van der Waals surface area (Å²) in [7, 11) is -0.852. The lowest BCUT2D eigenvalue weighted by Crippen LogP contribution is -2.25. The maximum absolute atomic E-state index is 11.3. The highest BCUT2D eigenvalue weighted by atomic mass is 32.2. The molecule has 0 aromatic carbocycles. The van der Waals surface area contributed by atoms with E-state index < -0.39 is 13.4 Å². The molecule has 3 nitrogen and oxygen atoms in total. The first-order valence-corrected chi connectivity index (χ1v) is 6.76. The number of rotatable bonds is 8. The van der Waals surface area contributed by atoms with Crippen molar-refractivity contribution in [1.29, 1.82) is 2.67 Å². The van der Waals surface area contributed by atoms with Gasteiger partial charge in [-0.2, -0.15) is 0 Å². The quantitative estimate of drug-likeness (QED) is 0.282. The first-order valence-electron chi connectivity index (χ1n) is 5.85. The molecule has 0 heterocycles. The number of ether oxygens (including phenoxy) is 1. The molecule has 0 saturated heterocycles. The van der Waals surface area contributed by atoms with E-state index in [9.17, 15) is 4.79 Å². The zero-order valence-electron chi connectivity index (χ0n) is 11.4. The van der Waals surface area contributed by atoms with Gasteiger partial charge in [0.1, 0.15) is 13.4 Å². The molecular weight excluding hydrogens is 231 g/mol. The van der Waals surface area contributed by atoms with Crippen molar-refractivity contribution >= 4 is 37.5 Å². The van der Waals surface area contributed by atoms with Crippen LogP contribution < -0.4 is 0 Å². The van der Waals surface area contributed by atoms with Gasteiger partial charge in [-0.05, 0) is 41.1 Å². The normalized spacial score (nSPS) is 13.0. The monoisotopic (exact) mass is 253 g/mol. The Kier molecular flexibility index (Phi) is 6.51. The zero-order valence-corrected chi connectivity index (χ0v) is 11.1.